The van der Waals surface area contributed by atoms with Gasteiger partial charge in [-0.25, -0.2) is 4.79 Å². The first-order valence-electron chi connectivity index (χ1n) is 7.64. The van der Waals surface area contributed by atoms with E-state index in [-0.39, 0.29) is 11.8 Å². The van der Waals surface area contributed by atoms with Gasteiger partial charge in [-0.05, 0) is 23.6 Å². The number of amides is 2. The largest absolute Gasteiger partial charge is 0.467 e. The maximum atomic E-state index is 12.5. The van der Waals surface area contributed by atoms with Crippen LogP contribution in [0.25, 0.3) is 0 Å². The molecule has 0 aliphatic carbocycles. The van der Waals surface area contributed by atoms with Crippen molar-refractivity contribution < 1.29 is 19.1 Å². The van der Waals surface area contributed by atoms with Gasteiger partial charge in [-0.2, -0.15) is 0 Å². The van der Waals surface area contributed by atoms with Gasteiger partial charge in [0.1, 0.15) is 12.1 Å². The van der Waals surface area contributed by atoms with Crippen LogP contribution < -0.4 is 10.6 Å². The highest BCUT2D eigenvalue weighted by molar-refractivity contribution is 9.10. The number of nitrogens with one attached hydrogen (secondary N) is 2. The van der Waals surface area contributed by atoms with Crippen LogP contribution in [-0.2, 0) is 25.5 Å². The van der Waals surface area contributed by atoms with E-state index in [4.69, 9.17) is 4.74 Å². The van der Waals surface area contributed by atoms with Crippen LogP contribution in [0.15, 0.2) is 28.7 Å². The van der Waals surface area contributed by atoms with Gasteiger partial charge in [0.05, 0.1) is 7.11 Å². The highest BCUT2D eigenvalue weighted by Crippen LogP contribution is 2.13. The Labute approximate surface area is 150 Å². The van der Waals surface area contributed by atoms with Crippen LogP contribution in [-0.4, -0.2) is 37.0 Å². The lowest BCUT2D eigenvalue weighted by molar-refractivity contribution is -0.145. The first-order valence-corrected chi connectivity index (χ1v) is 8.43. The van der Waals surface area contributed by atoms with Crippen molar-refractivity contribution in [3.8, 4) is 0 Å². The molecule has 2 amide bonds. The van der Waals surface area contributed by atoms with Crippen molar-refractivity contribution in [3.63, 3.8) is 0 Å². The van der Waals surface area contributed by atoms with Gasteiger partial charge in [0.15, 0.2) is 0 Å². The molecule has 0 heterocycles. The molecule has 1 aromatic carbocycles. The van der Waals surface area contributed by atoms with Crippen molar-refractivity contribution in [3.05, 3.63) is 34.3 Å². The van der Waals surface area contributed by atoms with Gasteiger partial charge in [-0.3, -0.25) is 9.59 Å². The number of carbonyl (C=O) groups is 3. The predicted octanol–water partition coefficient (Wildman–Crippen LogP) is 1.81. The summed E-state index contributed by atoms with van der Waals surface area (Å²) in [6, 6.07) is 5.91. The third-order valence-corrected chi connectivity index (χ3v) is 3.99. The van der Waals surface area contributed by atoms with E-state index in [0.29, 0.717) is 6.42 Å². The molecule has 0 fully saturated rings. The normalized spacial score (nSPS) is 13.1. The lowest BCUT2D eigenvalue weighted by atomic mass is 10.0. The quantitative estimate of drug-likeness (QED) is 0.685. The molecule has 2 atom stereocenters. The zero-order valence-electron chi connectivity index (χ0n) is 14.3. The Balaban J connectivity index is 2.88. The van der Waals surface area contributed by atoms with Crippen molar-refractivity contribution in [1.29, 1.82) is 0 Å². The minimum atomic E-state index is -0.821. The average molecular weight is 399 g/mol. The third-order valence-electron chi connectivity index (χ3n) is 3.46. The van der Waals surface area contributed by atoms with Crippen LogP contribution in [0, 0.1) is 5.92 Å². The highest BCUT2D eigenvalue weighted by atomic mass is 79.9. The molecule has 1 rings (SSSR count). The van der Waals surface area contributed by atoms with Crippen molar-refractivity contribution in [1.82, 2.24) is 10.6 Å². The zero-order chi connectivity index (χ0) is 18.3. The van der Waals surface area contributed by atoms with Crippen molar-refractivity contribution in [2.45, 2.75) is 39.3 Å². The maximum absolute atomic E-state index is 12.5. The van der Waals surface area contributed by atoms with E-state index in [1.54, 1.807) is 0 Å². The molecule has 0 radical (unpaired) electrons. The Morgan fingerprint density at radius 2 is 1.71 bits per heavy atom. The van der Waals surface area contributed by atoms with E-state index in [0.717, 1.165) is 10.0 Å². The average Bonchev–Trinajstić information content (AvgIpc) is 2.52. The Morgan fingerprint density at radius 1 is 1.12 bits per heavy atom. The van der Waals surface area contributed by atoms with Gasteiger partial charge >= 0.3 is 5.97 Å². The van der Waals surface area contributed by atoms with Gasteiger partial charge in [0.2, 0.25) is 11.8 Å². The smallest absolute Gasteiger partial charge is 0.328 e. The second-order valence-electron chi connectivity index (χ2n) is 5.84. The summed E-state index contributed by atoms with van der Waals surface area (Å²) >= 11 is 3.35. The molecule has 0 saturated heterocycles. The number of carbonyl (C=O) groups excluding carboxylic acids is 3. The minimum Gasteiger partial charge on any atom is -0.467 e. The van der Waals surface area contributed by atoms with E-state index in [2.05, 4.69) is 26.6 Å². The molecule has 0 aromatic heterocycles. The molecule has 24 heavy (non-hydrogen) atoms. The van der Waals surface area contributed by atoms with Crippen LogP contribution in [0.3, 0.4) is 0 Å². The molecule has 6 nitrogen and oxygen atoms in total. The van der Waals surface area contributed by atoms with Gasteiger partial charge in [0.25, 0.3) is 0 Å². The standard InChI is InChI=1S/C17H23BrN2O4/c1-10(2)15(19-11(3)21)16(22)20-14(17(23)24-4)9-12-5-7-13(18)8-6-12/h5-8,10,14-15H,9H2,1-4H3,(H,19,21)(H,20,22)/t14-,15+/m0/s1. The molecular formula is C17H23BrN2O4. The van der Waals surface area contributed by atoms with E-state index < -0.39 is 24.0 Å². The third kappa shape index (κ3) is 6.31. The molecule has 0 bridgehead atoms. The van der Waals surface area contributed by atoms with Crippen LogP contribution in [0.2, 0.25) is 0 Å². The summed E-state index contributed by atoms with van der Waals surface area (Å²) in [7, 11) is 1.27. The fourth-order valence-corrected chi connectivity index (χ4v) is 2.47. The summed E-state index contributed by atoms with van der Waals surface area (Å²) in [6.45, 7) is 4.99. The summed E-state index contributed by atoms with van der Waals surface area (Å²) in [5, 5.41) is 5.28. The van der Waals surface area contributed by atoms with Crippen LogP contribution in [0.5, 0.6) is 0 Å². The van der Waals surface area contributed by atoms with Crippen LogP contribution >= 0.6 is 15.9 Å². The Morgan fingerprint density at radius 3 is 2.17 bits per heavy atom. The summed E-state index contributed by atoms with van der Waals surface area (Å²) in [5.74, 6) is -1.35. The number of benzene rings is 1. The van der Waals surface area contributed by atoms with Gasteiger partial charge in [0, 0.05) is 17.8 Å². The second-order valence-corrected chi connectivity index (χ2v) is 6.75. The summed E-state index contributed by atoms with van der Waals surface area (Å²) in [4.78, 5) is 35.7. The number of methoxy groups -OCH3 is 1. The SMILES string of the molecule is COC(=O)[C@H](Cc1ccc(Br)cc1)NC(=O)[C@H](NC(C)=O)C(C)C. The van der Waals surface area contributed by atoms with E-state index in [1.807, 2.05) is 38.1 Å². The fraction of sp³-hybridized carbons (Fsp3) is 0.471. The lowest BCUT2D eigenvalue weighted by Crippen LogP contribution is -2.54. The summed E-state index contributed by atoms with van der Waals surface area (Å²) in [5.41, 5.74) is 0.884. The van der Waals surface area contributed by atoms with Gasteiger partial charge in [-0.1, -0.05) is 41.9 Å². The first kappa shape index (κ1) is 20.2. The molecule has 7 heteroatoms. The van der Waals surface area contributed by atoms with Gasteiger partial charge in [-0.15, -0.1) is 0 Å². The van der Waals surface area contributed by atoms with Gasteiger partial charge < -0.3 is 15.4 Å². The summed E-state index contributed by atoms with van der Waals surface area (Å²) in [6.07, 6.45) is 0.302. The number of halogens is 1. The maximum Gasteiger partial charge on any atom is 0.328 e. The van der Waals surface area contributed by atoms with Crippen molar-refractivity contribution >= 4 is 33.7 Å². The Hall–Kier alpha value is -1.89. The zero-order valence-corrected chi connectivity index (χ0v) is 15.8. The molecule has 0 saturated carbocycles. The molecule has 0 aliphatic heterocycles. The molecule has 0 aliphatic rings. The molecule has 132 valence electrons. The number of hydrogen-bond donors (Lipinski definition) is 2. The first-order chi connectivity index (χ1) is 11.2. The minimum absolute atomic E-state index is 0.111. The molecular weight excluding hydrogens is 376 g/mol. The van der Waals surface area contributed by atoms with Crippen molar-refractivity contribution in [2.24, 2.45) is 5.92 Å². The second kappa shape index (κ2) is 9.42. The van der Waals surface area contributed by atoms with Crippen LogP contribution in [0.4, 0.5) is 0 Å². The van der Waals surface area contributed by atoms with E-state index >= 15 is 0 Å². The number of rotatable bonds is 7. The fourth-order valence-electron chi connectivity index (χ4n) is 2.21. The monoisotopic (exact) mass is 398 g/mol. The molecule has 0 unspecified atom stereocenters. The number of esters is 1. The predicted molar refractivity (Wildman–Crippen MR) is 94.2 cm³/mol. The lowest BCUT2D eigenvalue weighted by Gasteiger charge is -2.24. The highest BCUT2D eigenvalue weighted by Gasteiger charge is 2.28. The van der Waals surface area contributed by atoms with Crippen molar-refractivity contribution in [2.75, 3.05) is 7.11 Å². The molecule has 0 spiro atoms. The Kier molecular flexibility index (Phi) is 7.91. The van der Waals surface area contributed by atoms with E-state index in [1.165, 1.54) is 14.0 Å². The van der Waals surface area contributed by atoms with E-state index in [9.17, 15) is 14.4 Å². The molecule has 1 aromatic rings. The Bertz CT molecular complexity index is 587. The summed E-state index contributed by atoms with van der Waals surface area (Å²) < 4.78 is 5.71. The number of ether oxygens (including phenoxy) is 1. The topological polar surface area (TPSA) is 84.5 Å². The number of hydrogen-bond acceptors (Lipinski definition) is 4. The molecule has 2 N–H and O–H groups in total. The van der Waals surface area contributed by atoms with Crippen LogP contribution in [0.1, 0.15) is 26.3 Å².